The molecule has 0 spiro atoms. The van der Waals surface area contributed by atoms with Gasteiger partial charge >= 0.3 is 12.1 Å². The molecule has 0 aliphatic heterocycles. The summed E-state index contributed by atoms with van der Waals surface area (Å²) >= 11 is 1.50. The zero-order valence-electron chi connectivity index (χ0n) is 15.2. The van der Waals surface area contributed by atoms with Crippen molar-refractivity contribution in [2.75, 3.05) is 17.3 Å². The summed E-state index contributed by atoms with van der Waals surface area (Å²) in [6.07, 6.45) is 1.47. The summed E-state index contributed by atoms with van der Waals surface area (Å²) in [6, 6.07) is 2.65. The Balaban J connectivity index is 2.90. The van der Waals surface area contributed by atoms with Gasteiger partial charge < -0.3 is 25.6 Å². The number of nitrogens with one attached hydrogen (secondary N) is 2. The number of phenolic OH excluding ortho intramolecular Hbond substituents is 1. The second-order valence-corrected chi connectivity index (χ2v) is 7.49. The van der Waals surface area contributed by atoms with Crippen LogP contribution in [0.4, 0.5) is 10.5 Å². The van der Waals surface area contributed by atoms with Gasteiger partial charge in [-0.25, -0.2) is 9.59 Å². The molecule has 1 unspecified atom stereocenters. The van der Waals surface area contributed by atoms with Crippen molar-refractivity contribution in [3.8, 4) is 5.75 Å². The van der Waals surface area contributed by atoms with Gasteiger partial charge in [-0.2, -0.15) is 11.8 Å². The first-order valence-electron chi connectivity index (χ1n) is 7.89. The third kappa shape index (κ3) is 7.22. The van der Waals surface area contributed by atoms with Gasteiger partial charge in [0.1, 0.15) is 17.4 Å². The molecule has 0 fully saturated rings. The van der Waals surface area contributed by atoms with Crippen LogP contribution >= 0.6 is 11.8 Å². The highest BCUT2D eigenvalue weighted by molar-refractivity contribution is 7.98. The molecule has 0 radical (unpaired) electrons. The Morgan fingerprint density at radius 2 is 1.92 bits per heavy atom. The number of carboxylic acids is 1. The zero-order chi connectivity index (χ0) is 19.9. The first-order chi connectivity index (χ1) is 12.0. The molecule has 4 N–H and O–H groups in total. The van der Waals surface area contributed by atoms with Crippen LogP contribution in [0.25, 0.3) is 0 Å². The molecule has 144 valence electrons. The van der Waals surface area contributed by atoms with Crippen LogP contribution < -0.4 is 10.6 Å². The van der Waals surface area contributed by atoms with E-state index >= 15 is 0 Å². The monoisotopic (exact) mass is 384 g/mol. The van der Waals surface area contributed by atoms with Crippen molar-refractivity contribution >= 4 is 35.4 Å². The number of carbonyl (C=O) groups is 3. The van der Waals surface area contributed by atoms with Gasteiger partial charge in [0.2, 0.25) is 5.91 Å². The van der Waals surface area contributed by atoms with Crippen molar-refractivity contribution < 1.29 is 29.3 Å². The largest absolute Gasteiger partial charge is 0.506 e. The smallest absolute Gasteiger partial charge is 0.408 e. The molecule has 0 aliphatic rings. The van der Waals surface area contributed by atoms with E-state index in [9.17, 15) is 19.5 Å². The molecule has 1 aromatic rings. The van der Waals surface area contributed by atoms with Gasteiger partial charge in [0.25, 0.3) is 0 Å². The minimum absolute atomic E-state index is 0.0463. The van der Waals surface area contributed by atoms with Crippen molar-refractivity contribution in [3.63, 3.8) is 0 Å². The van der Waals surface area contributed by atoms with Crippen LogP contribution in [0.1, 0.15) is 37.6 Å². The molecular weight excluding hydrogens is 360 g/mol. The van der Waals surface area contributed by atoms with Gasteiger partial charge in [0, 0.05) is 0 Å². The Labute approximate surface area is 156 Å². The van der Waals surface area contributed by atoms with Crippen LogP contribution in [-0.2, 0) is 9.53 Å². The quantitative estimate of drug-likeness (QED) is 0.533. The minimum Gasteiger partial charge on any atom is -0.506 e. The van der Waals surface area contributed by atoms with E-state index in [0.29, 0.717) is 12.2 Å². The van der Waals surface area contributed by atoms with Gasteiger partial charge in [-0.3, -0.25) is 4.79 Å². The Kier molecular flexibility index (Phi) is 7.76. The predicted octanol–water partition coefficient (Wildman–Crippen LogP) is 2.68. The number of amides is 2. The number of thioether (sulfide) groups is 1. The lowest BCUT2D eigenvalue weighted by molar-refractivity contribution is -0.118. The van der Waals surface area contributed by atoms with Crippen LogP contribution in [-0.4, -0.2) is 51.8 Å². The van der Waals surface area contributed by atoms with E-state index < -0.39 is 29.6 Å². The zero-order valence-corrected chi connectivity index (χ0v) is 16.0. The van der Waals surface area contributed by atoms with Gasteiger partial charge in [-0.15, -0.1) is 0 Å². The highest BCUT2D eigenvalue weighted by Gasteiger charge is 2.25. The Bertz CT molecular complexity index is 672. The molecular formula is C17H24N2O6S. The standard InChI is InChI=1S/C17H24N2O6S/c1-17(2,3)25-16(24)19-11(7-8-26-4)14(21)18-12-9-10(15(22)23)5-6-13(12)20/h5-6,9,11,20H,7-8H2,1-4H3,(H,18,21)(H,19,24)(H,22,23). The first-order valence-corrected chi connectivity index (χ1v) is 9.28. The average molecular weight is 384 g/mol. The number of anilines is 1. The van der Waals surface area contributed by atoms with E-state index in [0.717, 1.165) is 6.07 Å². The molecule has 1 rings (SSSR count). The van der Waals surface area contributed by atoms with Gasteiger partial charge in [0.15, 0.2) is 0 Å². The molecule has 0 heterocycles. The van der Waals surface area contributed by atoms with E-state index in [4.69, 9.17) is 9.84 Å². The molecule has 0 aliphatic carbocycles. The van der Waals surface area contributed by atoms with E-state index in [-0.39, 0.29) is 17.0 Å². The number of alkyl carbamates (subject to hydrolysis) is 1. The van der Waals surface area contributed by atoms with Crippen molar-refractivity contribution in [1.82, 2.24) is 5.32 Å². The minimum atomic E-state index is -1.19. The fourth-order valence-corrected chi connectivity index (χ4v) is 2.41. The summed E-state index contributed by atoms with van der Waals surface area (Å²) in [5, 5.41) is 23.8. The Morgan fingerprint density at radius 3 is 2.46 bits per heavy atom. The van der Waals surface area contributed by atoms with Gasteiger partial charge in [-0.1, -0.05) is 0 Å². The lowest BCUT2D eigenvalue weighted by Gasteiger charge is -2.23. The maximum absolute atomic E-state index is 12.5. The van der Waals surface area contributed by atoms with Crippen LogP contribution in [0.5, 0.6) is 5.75 Å². The molecule has 0 saturated carbocycles. The molecule has 2 amide bonds. The Hall–Kier alpha value is -2.42. The van der Waals surface area contributed by atoms with Crippen LogP contribution in [0.3, 0.4) is 0 Å². The average Bonchev–Trinajstić information content (AvgIpc) is 2.51. The summed E-state index contributed by atoms with van der Waals surface area (Å²) in [6.45, 7) is 5.12. The maximum Gasteiger partial charge on any atom is 0.408 e. The number of carboxylic acid groups (broad SMARTS) is 1. The molecule has 1 atom stereocenters. The summed E-state index contributed by atoms with van der Waals surface area (Å²) in [5.74, 6) is -1.44. The molecule has 8 nitrogen and oxygen atoms in total. The number of ether oxygens (including phenoxy) is 1. The van der Waals surface area contributed by atoms with Crippen molar-refractivity contribution in [1.29, 1.82) is 0 Å². The topological polar surface area (TPSA) is 125 Å². The number of hydrogen-bond donors (Lipinski definition) is 4. The van der Waals surface area contributed by atoms with Crippen molar-refractivity contribution in [2.24, 2.45) is 0 Å². The third-order valence-corrected chi connectivity index (χ3v) is 3.76. The third-order valence-electron chi connectivity index (χ3n) is 3.12. The van der Waals surface area contributed by atoms with E-state index in [1.807, 2.05) is 6.26 Å². The summed E-state index contributed by atoms with van der Waals surface area (Å²) in [7, 11) is 0. The highest BCUT2D eigenvalue weighted by Crippen LogP contribution is 2.24. The predicted molar refractivity (Wildman–Crippen MR) is 99.9 cm³/mol. The molecule has 9 heteroatoms. The normalized spacial score (nSPS) is 12.2. The fraction of sp³-hybridized carbons (Fsp3) is 0.471. The summed E-state index contributed by atoms with van der Waals surface area (Å²) < 4.78 is 5.16. The second-order valence-electron chi connectivity index (χ2n) is 6.51. The lowest BCUT2D eigenvalue weighted by atomic mass is 10.1. The molecule has 0 saturated heterocycles. The molecule has 0 aromatic heterocycles. The number of aromatic carboxylic acids is 1. The van der Waals surface area contributed by atoms with E-state index in [2.05, 4.69) is 10.6 Å². The number of benzene rings is 1. The second kappa shape index (κ2) is 9.33. The maximum atomic E-state index is 12.5. The summed E-state index contributed by atoms with van der Waals surface area (Å²) in [4.78, 5) is 35.5. The molecule has 0 bridgehead atoms. The Morgan fingerprint density at radius 1 is 1.27 bits per heavy atom. The molecule has 1 aromatic carbocycles. The summed E-state index contributed by atoms with van der Waals surface area (Å²) in [5.41, 5.74) is -0.840. The van der Waals surface area contributed by atoms with Crippen LogP contribution in [0.15, 0.2) is 18.2 Å². The number of aromatic hydroxyl groups is 1. The fourth-order valence-electron chi connectivity index (χ4n) is 1.94. The number of hydrogen-bond acceptors (Lipinski definition) is 6. The van der Waals surface area contributed by atoms with E-state index in [1.165, 1.54) is 23.9 Å². The van der Waals surface area contributed by atoms with Gasteiger partial charge in [0.05, 0.1) is 11.3 Å². The number of carbonyl (C=O) groups excluding carboxylic acids is 2. The van der Waals surface area contributed by atoms with Crippen LogP contribution in [0, 0.1) is 0 Å². The van der Waals surface area contributed by atoms with Crippen molar-refractivity contribution in [2.45, 2.75) is 38.8 Å². The van der Waals surface area contributed by atoms with E-state index in [1.54, 1.807) is 20.8 Å². The SMILES string of the molecule is CSCCC(NC(=O)OC(C)(C)C)C(=O)Nc1cc(C(=O)O)ccc1O. The first kappa shape index (κ1) is 21.6. The van der Waals surface area contributed by atoms with Crippen molar-refractivity contribution in [3.05, 3.63) is 23.8 Å². The van der Waals surface area contributed by atoms with Crippen LogP contribution in [0.2, 0.25) is 0 Å². The highest BCUT2D eigenvalue weighted by atomic mass is 32.2. The van der Waals surface area contributed by atoms with Gasteiger partial charge in [-0.05, 0) is 57.4 Å². The molecule has 26 heavy (non-hydrogen) atoms. The number of rotatable bonds is 7. The lowest BCUT2D eigenvalue weighted by Crippen LogP contribution is -2.46. The number of phenols is 1.